The highest BCUT2D eigenvalue weighted by Crippen LogP contribution is 2.12. The number of ether oxygens (including phenoxy) is 1. The van der Waals surface area contributed by atoms with Gasteiger partial charge in [0.2, 0.25) is 0 Å². The Bertz CT molecular complexity index is 302. The molecule has 0 bridgehead atoms. The molecule has 148 valence electrons. The number of unbranched alkanes of at least 4 members (excludes halogenated alkanes) is 13. The summed E-state index contributed by atoms with van der Waals surface area (Å²) in [5.74, 6) is 0.548. The SMILES string of the molecule is CCCCC/C=C/CCCCCCCCCCCCC(=O)OCCS. The first-order chi connectivity index (χ1) is 12.3. The van der Waals surface area contributed by atoms with Crippen LogP contribution in [-0.2, 0) is 9.53 Å². The molecule has 0 unspecified atom stereocenters. The van der Waals surface area contributed by atoms with Crippen LogP contribution in [0.3, 0.4) is 0 Å². The number of allylic oxidation sites excluding steroid dienone is 2. The van der Waals surface area contributed by atoms with E-state index in [9.17, 15) is 4.79 Å². The Morgan fingerprint density at radius 3 is 1.76 bits per heavy atom. The molecule has 0 saturated heterocycles. The van der Waals surface area contributed by atoms with Crippen molar-refractivity contribution < 1.29 is 9.53 Å². The molecule has 0 saturated carbocycles. The van der Waals surface area contributed by atoms with Crippen LogP contribution in [0.4, 0.5) is 0 Å². The second-order valence-corrected chi connectivity index (χ2v) is 7.43. The molecular weight excluding hydrogens is 328 g/mol. The van der Waals surface area contributed by atoms with Gasteiger partial charge in [0.15, 0.2) is 0 Å². The molecule has 0 rings (SSSR count). The Morgan fingerprint density at radius 1 is 0.760 bits per heavy atom. The zero-order valence-corrected chi connectivity index (χ0v) is 17.5. The van der Waals surface area contributed by atoms with E-state index >= 15 is 0 Å². The van der Waals surface area contributed by atoms with Gasteiger partial charge in [0.1, 0.15) is 6.61 Å². The first-order valence-electron chi connectivity index (χ1n) is 10.7. The first kappa shape index (κ1) is 24.6. The molecule has 0 radical (unpaired) electrons. The highest BCUT2D eigenvalue weighted by Gasteiger charge is 2.01. The van der Waals surface area contributed by atoms with Gasteiger partial charge in [-0.05, 0) is 32.1 Å². The molecule has 0 aromatic heterocycles. The highest BCUT2D eigenvalue weighted by atomic mass is 32.1. The van der Waals surface area contributed by atoms with E-state index in [-0.39, 0.29) is 5.97 Å². The van der Waals surface area contributed by atoms with E-state index in [4.69, 9.17) is 4.74 Å². The molecule has 0 aromatic carbocycles. The summed E-state index contributed by atoms with van der Waals surface area (Å²) >= 11 is 4.02. The molecule has 0 aliphatic carbocycles. The fraction of sp³-hybridized carbons (Fsp3) is 0.864. The monoisotopic (exact) mass is 370 g/mol. The number of thiol groups is 1. The molecule has 0 aliphatic rings. The van der Waals surface area contributed by atoms with E-state index in [2.05, 4.69) is 31.7 Å². The zero-order chi connectivity index (χ0) is 18.4. The largest absolute Gasteiger partial charge is 0.465 e. The van der Waals surface area contributed by atoms with Gasteiger partial charge in [0.25, 0.3) is 0 Å². The van der Waals surface area contributed by atoms with E-state index in [1.54, 1.807) is 0 Å². The second-order valence-electron chi connectivity index (χ2n) is 6.99. The topological polar surface area (TPSA) is 26.3 Å². The summed E-state index contributed by atoms with van der Waals surface area (Å²) in [6.07, 6.45) is 24.8. The van der Waals surface area contributed by atoms with Crippen molar-refractivity contribution in [1.82, 2.24) is 0 Å². The molecule has 0 fully saturated rings. The van der Waals surface area contributed by atoms with Crippen molar-refractivity contribution in [3.05, 3.63) is 12.2 Å². The maximum Gasteiger partial charge on any atom is 0.305 e. The summed E-state index contributed by atoms with van der Waals surface area (Å²) < 4.78 is 5.00. The molecule has 2 nitrogen and oxygen atoms in total. The molecule has 0 heterocycles. The lowest BCUT2D eigenvalue weighted by Gasteiger charge is -2.03. The van der Waals surface area contributed by atoms with Crippen molar-refractivity contribution in [3.8, 4) is 0 Å². The Kier molecular flexibility index (Phi) is 21.2. The normalized spacial score (nSPS) is 11.3. The van der Waals surface area contributed by atoms with Gasteiger partial charge in [-0.1, -0.05) is 83.3 Å². The molecule has 0 spiro atoms. The predicted octanol–water partition coefficient (Wildman–Crippen LogP) is 7.28. The van der Waals surface area contributed by atoms with Crippen LogP contribution >= 0.6 is 12.6 Å². The van der Waals surface area contributed by atoms with Crippen molar-refractivity contribution in [1.29, 1.82) is 0 Å². The Hall–Kier alpha value is -0.440. The molecule has 3 heteroatoms. The lowest BCUT2D eigenvalue weighted by molar-refractivity contribution is -0.143. The van der Waals surface area contributed by atoms with E-state index in [0.717, 1.165) is 12.8 Å². The summed E-state index contributed by atoms with van der Waals surface area (Å²) in [6.45, 7) is 2.70. The fourth-order valence-corrected chi connectivity index (χ4v) is 3.02. The summed E-state index contributed by atoms with van der Waals surface area (Å²) in [7, 11) is 0. The summed E-state index contributed by atoms with van der Waals surface area (Å²) in [4.78, 5) is 11.3. The van der Waals surface area contributed by atoms with Crippen molar-refractivity contribution >= 4 is 18.6 Å². The van der Waals surface area contributed by atoms with Gasteiger partial charge in [-0.3, -0.25) is 4.79 Å². The van der Waals surface area contributed by atoms with Crippen LogP contribution in [0.25, 0.3) is 0 Å². The Balaban J connectivity index is 3.10. The number of carbonyl (C=O) groups is 1. The minimum absolute atomic E-state index is 0.0649. The number of esters is 1. The predicted molar refractivity (Wildman–Crippen MR) is 113 cm³/mol. The molecular formula is C22H42O2S. The maximum atomic E-state index is 11.3. The van der Waals surface area contributed by atoms with Crippen LogP contribution in [0.15, 0.2) is 12.2 Å². The molecule has 0 aromatic rings. The minimum Gasteiger partial charge on any atom is -0.465 e. The molecule has 0 amide bonds. The summed E-state index contributed by atoms with van der Waals surface area (Å²) in [5.41, 5.74) is 0. The van der Waals surface area contributed by atoms with Crippen LogP contribution in [0.2, 0.25) is 0 Å². The quantitative estimate of drug-likeness (QED) is 0.112. The van der Waals surface area contributed by atoms with Gasteiger partial charge >= 0.3 is 5.97 Å². The molecule has 0 N–H and O–H groups in total. The number of rotatable bonds is 19. The standard InChI is InChI=1S/C22H42O2S/c1-2-3-4-5-6-7-8-9-10-11-12-13-14-15-16-17-18-19-22(23)24-20-21-25/h6-7,25H,2-5,8-21H2,1H3/b7-6+. The first-order valence-corrected chi connectivity index (χ1v) is 11.4. The third-order valence-corrected chi connectivity index (χ3v) is 4.68. The van der Waals surface area contributed by atoms with Gasteiger partial charge in [-0.15, -0.1) is 0 Å². The maximum absolute atomic E-state index is 11.3. The van der Waals surface area contributed by atoms with Gasteiger partial charge < -0.3 is 4.74 Å². The van der Waals surface area contributed by atoms with Gasteiger partial charge in [-0.25, -0.2) is 0 Å². The third-order valence-electron chi connectivity index (χ3n) is 4.50. The second kappa shape index (κ2) is 21.6. The number of hydrogen-bond acceptors (Lipinski definition) is 3. The van der Waals surface area contributed by atoms with Crippen LogP contribution in [0.1, 0.15) is 110 Å². The Labute approximate surface area is 162 Å². The molecule has 0 atom stereocenters. The van der Waals surface area contributed by atoms with E-state index in [0.29, 0.717) is 18.8 Å². The smallest absolute Gasteiger partial charge is 0.305 e. The fourth-order valence-electron chi connectivity index (χ4n) is 2.93. The van der Waals surface area contributed by atoms with Gasteiger partial charge in [0.05, 0.1) is 0 Å². The van der Waals surface area contributed by atoms with Crippen molar-refractivity contribution in [2.75, 3.05) is 12.4 Å². The number of carbonyl (C=O) groups excluding carboxylic acids is 1. The molecule has 0 aliphatic heterocycles. The minimum atomic E-state index is -0.0649. The Morgan fingerprint density at radius 2 is 1.24 bits per heavy atom. The van der Waals surface area contributed by atoms with Crippen LogP contribution < -0.4 is 0 Å². The lowest BCUT2D eigenvalue weighted by Crippen LogP contribution is -2.06. The van der Waals surface area contributed by atoms with Crippen LogP contribution in [0.5, 0.6) is 0 Å². The lowest BCUT2D eigenvalue weighted by atomic mass is 10.0. The van der Waals surface area contributed by atoms with Crippen molar-refractivity contribution in [2.24, 2.45) is 0 Å². The highest BCUT2D eigenvalue weighted by molar-refractivity contribution is 7.80. The van der Waals surface area contributed by atoms with Crippen LogP contribution in [0, 0.1) is 0 Å². The van der Waals surface area contributed by atoms with E-state index in [1.165, 1.54) is 83.5 Å². The van der Waals surface area contributed by atoms with Gasteiger partial charge in [0, 0.05) is 12.2 Å². The zero-order valence-electron chi connectivity index (χ0n) is 16.6. The van der Waals surface area contributed by atoms with Crippen LogP contribution in [-0.4, -0.2) is 18.3 Å². The van der Waals surface area contributed by atoms with Gasteiger partial charge in [-0.2, -0.15) is 12.6 Å². The summed E-state index contributed by atoms with van der Waals surface area (Å²) in [5, 5.41) is 0. The summed E-state index contributed by atoms with van der Waals surface area (Å²) in [6, 6.07) is 0. The van der Waals surface area contributed by atoms with E-state index < -0.39 is 0 Å². The third kappa shape index (κ3) is 21.5. The van der Waals surface area contributed by atoms with E-state index in [1.807, 2.05) is 0 Å². The van der Waals surface area contributed by atoms with Crippen molar-refractivity contribution in [3.63, 3.8) is 0 Å². The average molecular weight is 371 g/mol. The number of hydrogen-bond donors (Lipinski definition) is 1. The van der Waals surface area contributed by atoms with Crippen molar-refractivity contribution in [2.45, 2.75) is 110 Å². The molecule has 25 heavy (non-hydrogen) atoms. The average Bonchev–Trinajstić information content (AvgIpc) is 2.62.